The van der Waals surface area contributed by atoms with Crippen LogP contribution in [-0.2, 0) is 0 Å². The minimum atomic E-state index is -0.210. The Kier molecular flexibility index (Phi) is 3.20. The molecule has 0 saturated carbocycles. The van der Waals surface area contributed by atoms with E-state index in [1.54, 1.807) is 18.2 Å². The van der Waals surface area contributed by atoms with Gasteiger partial charge in [-0.05, 0) is 24.6 Å². The lowest BCUT2D eigenvalue weighted by Crippen LogP contribution is -2.14. The molecule has 102 valence electrons. The first-order chi connectivity index (χ1) is 9.67. The number of ether oxygens (including phenoxy) is 1. The third-order valence-corrected chi connectivity index (χ3v) is 3.13. The Balaban J connectivity index is 2.12. The van der Waals surface area contributed by atoms with Gasteiger partial charge >= 0.3 is 0 Å². The molecule has 20 heavy (non-hydrogen) atoms. The van der Waals surface area contributed by atoms with Crippen LogP contribution in [0.15, 0.2) is 41.2 Å². The van der Waals surface area contributed by atoms with Crippen molar-refractivity contribution in [1.29, 1.82) is 0 Å². The highest BCUT2D eigenvalue weighted by molar-refractivity contribution is 6.30. The average molecular weight is 290 g/mol. The quantitative estimate of drug-likeness (QED) is 0.806. The minimum absolute atomic E-state index is 0.210. The first-order valence-electron chi connectivity index (χ1n) is 6.19. The Bertz CT molecular complexity index is 805. The second-order valence-electron chi connectivity index (χ2n) is 4.24. The maximum atomic E-state index is 12.0. The van der Waals surface area contributed by atoms with Crippen LogP contribution in [0.4, 0.5) is 0 Å². The van der Waals surface area contributed by atoms with Crippen LogP contribution in [-0.4, -0.2) is 21.2 Å². The molecule has 5 nitrogen and oxygen atoms in total. The van der Waals surface area contributed by atoms with Crippen LogP contribution < -0.4 is 10.3 Å². The fourth-order valence-electron chi connectivity index (χ4n) is 1.97. The number of benzene rings is 1. The zero-order chi connectivity index (χ0) is 14.1. The van der Waals surface area contributed by atoms with E-state index in [1.165, 1.54) is 10.6 Å². The molecule has 0 fully saturated rings. The lowest BCUT2D eigenvalue weighted by molar-refractivity contribution is 0.326. The number of nitrogens with zero attached hydrogens (tertiary/aromatic N) is 2. The van der Waals surface area contributed by atoms with Crippen LogP contribution in [0.1, 0.15) is 6.92 Å². The summed E-state index contributed by atoms with van der Waals surface area (Å²) in [4.78, 5) is 16.2. The van der Waals surface area contributed by atoms with Gasteiger partial charge in [-0.25, -0.2) is 4.52 Å². The number of aromatic nitrogens is 3. The van der Waals surface area contributed by atoms with Gasteiger partial charge in [0.05, 0.1) is 18.4 Å². The van der Waals surface area contributed by atoms with Crippen LogP contribution in [0, 0.1) is 0 Å². The zero-order valence-electron chi connectivity index (χ0n) is 10.8. The molecule has 0 aliphatic carbocycles. The van der Waals surface area contributed by atoms with E-state index in [0.29, 0.717) is 23.2 Å². The lowest BCUT2D eigenvalue weighted by Gasteiger charge is -2.00. The Hall–Kier alpha value is -2.27. The SMILES string of the molecule is CCOc1cc(=O)n2[nH]c(-c3ccc(Cl)cc3)cc2n1. The van der Waals surface area contributed by atoms with Crippen molar-refractivity contribution in [1.82, 2.24) is 14.6 Å². The monoisotopic (exact) mass is 289 g/mol. The summed E-state index contributed by atoms with van der Waals surface area (Å²) < 4.78 is 6.65. The highest BCUT2D eigenvalue weighted by Gasteiger charge is 2.08. The van der Waals surface area contributed by atoms with Crippen molar-refractivity contribution in [3.8, 4) is 17.1 Å². The second kappa shape index (κ2) is 5.02. The fraction of sp³-hybridized carbons (Fsp3) is 0.143. The summed E-state index contributed by atoms with van der Waals surface area (Å²) in [5.41, 5.74) is 2.03. The van der Waals surface area contributed by atoms with E-state index >= 15 is 0 Å². The third kappa shape index (κ3) is 2.28. The van der Waals surface area contributed by atoms with Gasteiger partial charge < -0.3 is 4.74 Å². The maximum absolute atomic E-state index is 12.0. The summed E-state index contributed by atoms with van der Waals surface area (Å²) >= 11 is 5.86. The molecule has 0 aliphatic heterocycles. The Morgan fingerprint density at radius 3 is 2.75 bits per heavy atom. The predicted molar refractivity (Wildman–Crippen MR) is 77.4 cm³/mol. The molecular weight excluding hydrogens is 278 g/mol. The highest BCUT2D eigenvalue weighted by atomic mass is 35.5. The first kappa shape index (κ1) is 12.7. The molecule has 0 aliphatic rings. The highest BCUT2D eigenvalue weighted by Crippen LogP contribution is 2.21. The van der Waals surface area contributed by atoms with Crippen molar-refractivity contribution in [2.45, 2.75) is 6.92 Å². The van der Waals surface area contributed by atoms with Gasteiger partial charge in [-0.3, -0.25) is 9.89 Å². The number of halogens is 1. The lowest BCUT2D eigenvalue weighted by atomic mass is 10.2. The summed E-state index contributed by atoms with van der Waals surface area (Å²) in [6.07, 6.45) is 0. The van der Waals surface area contributed by atoms with Crippen molar-refractivity contribution >= 4 is 17.2 Å². The number of nitrogens with one attached hydrogen (secondary N) is 1. The molecule has 6 heteroatoms. The number of hydrogen-bond donors (Lipinski definition) is 1. The van der Waals surface area contributed by atoms with Gasteiger partial charge in [0, 0.05) is 11.1 Å². The number of aromatic amines is 1. The molecule has 0 atom stereocenters. The van der Waals surface area contributed by atoms with Crippen LogP contribution >= 0.6 is 11.6 Å². The van der Waals surface area contributed by atoms with Crippen molar-refractivity contribution in [2.24, 2.45) is 0 Å². The van der Waals surface area contributed by atoms with Crippen LogP contribution in [0.3, 0.4) is 0 Å². The van der Waals surface area contributed by atoms with Crippen LogP contribution in [0.25, 0.3) is 16.9 Å². The van der Waals surface area contributed by atoms with E-state index in [0.717, 1.165) is 11.3 Å². The smallest absolute Gasteiger partial charge is 0.276 e. The first-order valence-corrected chi connectivity index (χ1v) is 6.57. The molecular formula is C14H12ClN3O2. The Labute approximate surface area is 119 Å². The van der Waals surface area contributed by atoms with Gasteiger partial charge in [0.15, 0.2) is 5.65 Å². The molecule has 0 amide bonds. The Morgan fingerprint density at radius 1 is 1.30 bits per heavy atom. The number of fused-ring (bicyclic) bond motifs is 1. The molecule has 0 spiro atoms. The number of hydrogen-bond acceptors (Lipinski definition) is 3. The van der Waals surface area contributed by atoms with E-state index in [-0.39, 0.29) is 5.56 Å². The van der Waals surface area contributed by atoms with E-state index in [1.807, 2.05) is 19.1 Å². The van der Waals surface area contributed by atoms with Crippen molar-refractivity contribution in [2.75, 3.05) is 6.61 Å². The second-order valence-corrected chi connectivity index (χ2v) is 4.67. The fourth-order valence-corrected chi connectivity index (χ4v) is 2.09. The molecule has 0 bridgehead atoms. The third-order valence-electron chi connectivity index (χ3n) is 2.87. The zero-order valence-corrected chi connectivity index (χ0v) is 11.5. The minimum Gasteiger partial charge on any atom is -0.478 e. The maximum Gasteiger partial charge on any atom is 0.276 e. The molecule has 0 radical (unpaired) electrons. The van der Waals surface area contributed by atoms with Gasteiger partial charge in [0.1, 0.15) is 0 Å². The van der Waals surface area contributed by atoms with Crippen molar-refractivity contribution in [3.63, 3.8) is 0 Å². The molecule has 2 aromatic heterocycles. The van der Waals surface area contributed by atoms with Gasteiger partial charge in [0.2, 0.25) is 5.88 Å². The molecule has 0 unspecified atom stereocenters. The van der Waals surface area contributed by atoms with Gasteiger partial charge in [-0.2, -0.15) is 4.98 Å². The molecule has 3 rings (SSSR count). The molecule has 0 saturated heterocycles. The van der Waals surface area contributed by atoms with E-state index in [9.17, 15) is 4.79 Å². The normalized spacial score (nSPS) is 10.9. The van der Waals surface area contributed by atoms with E-state index in [2.05, 4.69) is 10.1 Å². The number of rotatable bonds is 3. The van der Waals surface area contributed by atoms with Gasteiger partial charge in [-0.15, -0.1) is 0 Å². The van der Waals surface area contributed by atoms with Crippen LogP contribution in [0.2, 0.25) is 5.02 Å². The number of H-pyrrole nitrogens is 1. The average Bonchev–Trinajstić information content (AvgIpc) is 2.84. The van der Waals surface area contributed by atoms with E-state index in [4.69, 9.17) is 16.3 Å². The summed E-state index contributed by atoms with van der Waals surface area (Å²) in [7, 11) is 0. The van der Waals surface area contributed by atoms with Crippen LogP contribution in [0.5, 0.6) is 5.88 Å². The predicted octanol–water partition coefficient (Wildman–Crippen LogP) is 2.74. The standard InChI is InChI=1S/C14H12ClN3O2/c1-2-20-13-8-14(19)18-12(16-13)7-11(17-18)9-3-5-10(15)6-4-9/h3-8,17H,2H2,1H3. The van der Waals surface area contributed by atoms with Gasteiger partial charge in [0.25, 0.3) is 5.56 Å². The summed E-state index contributed by atoms with van der Waals surface area (Å²) in [6, 6.07) is 10.5. The molecule has 3 aromatic rings. The van der Waals surface area contributed by atoms with Crippen molar-refractivity contribution < 1.29 is 4.74 Å². The molecule has 1 N–H and O–H groups in total. The molecule has 1 aromatic carbocycles. The van der Waals surface area contributed by atoms with Crippen molar-refractivity contribution in [3.05, 3.63) is 51.8 Å². The summed E-state index contributed by atoms with van der Waals surface area (Å²) in [5.74, 6) is 0.333. The Morgan fingerprint density at radius 2 is 2.05 bits per heavy atom. The van der Waals surface area contributed by atoms with E-state index < -0.39 is 0 Å². The summed E-state index contributed by atoms with van der Waals surface area (Å²) in [5, 5.41) is 3.68. The largest absolute Gasteiger partial charge is 0.478 e. The summed E-state index contributed by atoms with van der Waals surface area (Å²) in [6.45, 7) is 2.32. The van der Waals surface area contributed by atoms with Gasteiger partial charge in [-0.1, -0.05) is 23.7 Å². The topological polar surface area (TPSA) is 59.4 Å². The molecule has 2 heterocycles.